The fraction of sp³-hybridized carbons (Fsp3) is 0.444. The average molecular weight is 261 g/mol. The average Bonchev–Trinajstić information content (AvgIpc) is 2.71. The minimum atomic E-state index is -4.62. The Bertz CT molecular complexity index is 553. The summed E-state index contributed by atoms with van der Waals surface area (Å²) in [7, 11) is 0. The van der Waals surface area contributed by atoms with Crippen LogP contribution >= 0.6 is 0 Å². The molecule has 6 nitrogen and oxygen atoms in total. The van der Waals surface area contributed by atoms with Gasteiger partial charge in [0.15, 0.2) is 5.65 Å². The van der Waals surface area contributed by atoms with Gasteiger partial charge in [-0.15, -0.1) is 15.3 Å². The lowest BCUT2D eigenvalue weighted by molar-refractivity contribution is -0.146. The van der Waals surface area contributed by atoms with Crippen molar-refractivity contribution in [1.29, 1.82) is 0 Å². The van der Waals surface area contributed by atoms with Gasteiger partial charge in [0.05, 0.1) is 6.61 Å². The zero-order chi connectivity index (χ0) is 13.3. The standard InChI is InChI=1S/C9H10F3N5O/c1-5(4-18)13-6-2-3-7-14-15-8(9(10,11)12)17(7)16-6/h2-3,5,18H,4H2,1H3,(H,13,16). The van der Waals surface area contributed by atoms with Crippen molar-refractivity contribution in [2.75, 3.05) is 11.9 Å². The molecule has 2 rings (SSSR count). The van der Waals surface area contributed by atoms with Crippen molar-refractivity contribution >= 4 is 11.5 Å². The topological polar surface area (TPSA) is 75.3 Å². The number of nitrogens with zero attached hydrogens (tertiary/aromatic N) is 4. The van der Waals surface area contributed by atoms with Crippen LogP contribution in [0.2, 0.25) is 0 Å². The van der Waals surface area contributed by atoms with E-state index in [4.69, 9.17) is 5.11 Å². The zero-order valence-corrected chi connectivity index (χ0v) is 9.31. The summed E-state index contributed by atoms with van der Waals surface area (Å²) >= 11 is 0. The number of aromatic nitrogens is 4. The summed E-state index contributed by atoms with van der Waals surface area (Å²) in [6.07, 6.45) is -4.62. The zero-order valence-electron chi connectivity index (χ0n) is 9.31. The van der Waals surface area contributed by atoms with Crippen molar-refractivity contribution in [2.24, 2.45) is 0 Å². The molecule has 0 saturated heterocycles. The van der Waals surface area contributed by atoms with Crippen LogP contribution in [-0.2, 0) is 6.18 Å². The van der Waals surface area contributed by atoms with Gasteiger partial charge in [0.2, 0.25) is 0 Å². The van der Waals surface area contributed by atoms with E-state index in [1.165, 1.54) is 12.1 Å². The summed E-state index contributed by atoms with van der Waals surface area (Å²) in [4.78, 5) is 0. The lowest BCUT2D eigenvalue weighted by atomic mass is 10.3. The number of alkyl halides is 3. The number of fused-ring (bicyclic) bond motifs is 1. The van der Waals surface area contributed by atoms with Crippen molar-refractivity contribution in [3.8, 4) is 0 Å². The molecule has 2 aromatic heterocycles. The van der Waals surface area contributed by atoms with E-state index in [2.05, 4.69) is 20.6 Å². The normalized spacial score (nSPS) is 13.8. The molecule has 0 amide bonds. The van der Waals surface area contributed by atoms with Crippen LogP contribution in [0, 0.1) is 0 Å². The van der Waals surface area contributed by atoms with Crippen LogP contribution in [0.25, 0.3) is 5.65 Å². The lowest BCUT2D eigenvalue weighted by Gasteiger charge is -2.11. The Morgan fingerprint density at radius 2 is 2.11 bits per heavy atom. The van der Waals surface area contributed by atoms with Gasteiger partial charge in [-0.05, 0) is 19.1 Å². The van der Waals surface area contributed by atoms with Crippen LogP contribution in [0.1, 0.15) is 12.7 Å². The summed E-state index contributed by atoms with van der Waals surface area (Å²) in [6.45, 7) is 1.51. The molecule has 9 heteroatoms. The first-order valence-electron chi connectivity index (χ1n) is 5.09. The number of hydrogen-bond acceptors (Lipinski definition) is 5. The van der Waals surface area contributed by atoms with Crippen molar-refractivity contribution < 1.29 is 18.3 Å². The van der Waals surface area contributed by atoms with Crippen LogP contribution in [0.15, 0.2) is 12.1 Å². The molecule has 1 unspecified atom stereocenters. The van der Waals surface area contributed by atoms with Crippen LogP contribution in [0.3, 0.4) is 0 Å². The van der Waals surface area contributed by atoms with Crippen molar-refractivity contribution in [3.63, 3.8) is 0 Å². The molecule has 0 aliphatic heterocycles. The fourth-order valence-corrected chi connectivity index (χ4v) is 1.34. The maximum Gasteiger partial charge on any atom is 0.453 e. The molecule has 0 fully saturated rings. The molecule has 98 valence electrons. The maximum atomic E-state index is 12.6. The van der Waals surface area contributed by atoms with Crippen LogP contribution in [0.4, 0.5) is 19.0 Å². The first kappa shape index (κ1) is 12.6. The highest BCUT2D eigenvalue weighted by Gasteiger charge is 2.37. The number of nitrogens with one attached hydrogen (secondary N) is 1. The quantitative estimate of drug-likeness (QED) is 0.859. The van der Waals surface area contributed by atoms with E-state index in [-0.39, 0.29) is 24.1 Å². The Kier molecular flexibility index (Phi) is 3.07. The second-order valence-electron chi connectivity index (χ2n) is 3.74. The number of hydrogen-bond donors (Lipinski definition) is 2. The molecule has 1 atom stereocenters. The van der Waals surface area contributed by atoms with Gasteiger partial charge in [0.25, 0.3) is 5.82 Å². The molecular weight excluding hydrogens is 251 g/mol. The van der Waals surface area contributed by atoms with Gasteiger partial charge in [0, 0.05) is 6.04 Å². The third-order valence-corrected chi connectivity index (χ3v) is 2.18. The van der Waals surface area contributed by atoms with Crippen molar-refractivity contribution in [2.45, 2.75) is 19.1 Å². The summed E-state index contributed by atoms with van der Waals surface area (Å²) < 4.78 is 38.4. The summed E-state index contributed by atoms with van der Waals surface area (Å²) in [5.41, 5.74) is 0.00419. The Morgan fingerprint density at radius 3 is 2.72 bits per heavy atom. The molecule has 0 aromatic carbocycles. The number of anilines is 1. The van der Waals surface area contributed by atoms with E-state index in [0.29, 0.717) is 4.52 Å². The number of halogens is 3. The van der Waals surface area contributed by atoms with E-state index in [9.17, 15) is 13.2 Å². The molecule has 0 bridgehead atoms. The summed E-state index contributed by atoms with van der Waals surface area (Å²) in [5, 5.41) is 21.8. The maximum absolute atomic E-state index is 12.6. The molecule has 2 N–H and O–H groups in total. The first-order chi connectivity index (χ1) is 8.41. The number of aliphatic hydroxyl groups excluding tert-OH is 1. The Morgan fingerprint density at radius 1 is 1.39 bits per heavy atom. The number of aliphatic hydroxyl groups is 1. The molecule has 0 saturated carbocycles. The number of rotatable bonds is 3. The smallest absolute Gasteiger partial charge is 0.394 e. The minimum Gasteiger partial charge on any atom is -0.394 e. The predicted octanol–water partition coefficient (Wildman–Crippen LogP) is 0.936. The van der Waals surface area contributed by atoms with Gasteiger partial charge in [-0.3, -0.25) is 0 Å². The van der Waals surface area contributed by atoms with Gasteiger partial charge in [-0.2, -0.15) is 17.7 Å². The molecule has 2 heterocycles. The Balaban J connectivity index is 2.43. The van der Waals surface area contributed by atoms with E-state index < -0.39 is 12.0 Å². The van der Waals surface area contributed by atoms with Crippen molar-refractivity contribution in [1.82, 2.24) is 19.8 Å². The van der Waals surface area contributed by atoms with Gasteiger partial charge < -0.3 is 10.4 Å². The van der Waals surface area contributed by atoms with Crippen molar-refractivity contribution in [3.05, 3.63) is 18.0 Å². The summed E-state index contributed by atoms with van der Waals surface area (Å²) in [5.74, 6) is -0.979. The van der Waals surface area contributed by atoms with Gasteiger partial charge in [0.1, 0.15) is 5.82 Å². The van der Waals surface area contributed by atoms with Crippen LogP contribution in [-0.4, -0.2) is 37.6 Å². The highest BCUT2D eigenvalue weighted by molar-refractivity contribution is 5.44. The SMILES string of the molecule is CC(CO)Nc1ccc2nnc(C(F)(F)F)n2n1. The molecular formula is C9H10F3N5O. The largest absolute Gasteiger partial charge is 0.453 e. The molecule has 0 aliphatic carbocycles. The highest BCUT2D eigenvalue weighted by Crippen LogP contribution is 2.27. The Hall–Kier alpha value is -1.90. The molecule has 2 aromatic rings. The van der Waals surface area contributed by atoms with Gasteiger partial charge in [-0.25, -0.2) is 0 Å². The lowest BCUT2D eigenvalue weighted by Crippen LogP contribution is -2.21. The highest BCUT2D eigenvalue weighted by atomic mass is 19.4. The van der Waals surface area contributed by atoms with Crippen LogP contribution < -0.4 is 5.32 Å². The first-order valence-corrected chi connectivity index (χ1v) is 5.09. The molecule has 0 radical (unpaired) electrons. The van der Waals surface area contributed by atoms with Crippen LogP contribution in [0.5, 0.6) is 0 Å². The second-order valence-corrected chi connectivity index (χ2v) is 3.74. The minimum absolute atomic E-state index is 0.00419. The van der Waals surface area contributed by atoms with E-state index in [1.54, 1.807) is 6.92 Å². The third kappa shape index (κ3) is 2.35. The van der Waals surface area contributed by atoms with Gasteiger partial charge in [-0.1, -0.05) is 0 Å². The van der Waals surface area contributed by atoms with Gasteiger partial charge >= 0.3 is 6.18 Å². The predicted molar refractivity (Wildman–Crippen MR) is 56.0 cm³/mol. The molecule has 0 aliphatic rings. The van der Waals surface area contributed by atoms with E-state index in [1.807, 2.05) is 0 Å². The monoisotopic (exact) mass is 261 g/mol. The molecule has 18 heavy (non-hydrogen) atoms. The summed E-state index contributed by atoms with van der Waals surface area (Å²) in [6, 6.07) is 2.51. The van der Waals surface area contributed by atoms with E-state index in [0.717, 1.165) is 0 Å². The van der Waals surface area contributed by atoms with E-state index >= 15 is 0 Å². The third-order valence-electron chi connectivity index (χ3n) is 2.18. The Labute approximate surface area is 99.4 Å². The fourth-order valence-electron chi connectivity index (χ4n) is 1.34. The second kappa shape index (κ2) is 4.41. The molecule has 0 spiro atoms.